The Morgan fingerprint density at radius 1 is 1.03 bits per heavy atom. The number of nitrogens with one attached hydrogen (secondary N) is 1. The van der Waals surface area contributed by atoms with Gasteiger partial charge in [-0.15, -0.1) is 0 Å². The van der Waals surface area contributed by atoms with Crippen LogP contribution in [-0.2, 0) is 9.59 Å². The van der Waals surface area contributed by atoms with Crippen molar-refractivity contribution >= 4 is 52.2 Å². The number of amides is 3. The van der Waals surface area contributed by atoms with Gasteiger partial charge in [0.1, 0.15) is 12.3 Å². The van der Waals surface area contributed by atoms with Crippen LogP contribution in [0, 0.1) is 0 Å². The molecule has 2 aromatic rings. The van der Waals surface area contributed by atoms with E-state index in [2.05, 4.69) is 5.32 Å². The molecule has 0 atom stereocenters. The van der Waals surface area contributed by atoms with Crippen molar-refractivity contribution in [3.63, 3.8) is 0 Å². The number of carbonyl (C=O) groups is 3. The third-order valence-electron chi connectivity index (χ3n) is 4.32. The zero-order valence-electron chi connectivity index (χ0n) is 16.9. The zero-order valence-corrected chi connectivity index (χ0v) is 18.5. The summed E-state index contributed by atoms with van der Waals surface area (Å²) in [5.41, 5.74) is 1.07. The molecule has 8 nitrogen and oxygen atoms in total. The third kappa shape index (κ3) is 5.12. The number of methoxy groups -OCH3 is 3. The van der Waals surface area contributed by atoms with Crippen molar-refractivity contribution in [2.75, 3.05) is 33.2 Å². The van der Waals surface area contributed by atoms with Gasteiger partial charge in [-0.3, -0.25) is 19.3 Å². The van der Waals surface area contributed by atoms with Crippen molar-refractivity contribution in [1.82, 2.24) is 4.90 Å². The number of ether oxygens (including phenoxy) is 3. The molecule has 10 heteroatoms. The number of hydrogen-bond acceptors (Lipinski definition) is 7. The highest BCUT2D eigenvalue weighted by atomic mass is 35.5. The van der Waals surface area contributed by atoms with Gasteiger partial charge in [-0.25, -0.2) is 0 Å². The molecule has 1 N–H and O–H groups in total. The van der Waals surface area contributed by atoms with Crippen LogP contribution in [0.1, 0.15) is 5.56 Å². The molecule has 0 aromatic heterocycles. The Labute approximate surface area is 188 Å². The fourth-order valence-electron chi connectivity index (χ4n) is 2.82. The molecule has 3 rings (SSSR count). The predicted molar refractivity (Wildman–Crippen MR) is 119 cm³/mol. The quantitative estimate of drug-likeness (QED) is 0.620. The average Bonchev–Trinajstić information content (AvgIpc) is 3.01. The van der Waals surface area contributed by atoms with Crippen molar-refractivity contribution in [3.8, 4) is 17.2 Å². The number of imide groups is 1. The maximum absolute atomic E-state index is 12.7. The summed E-state index contributed by atoms with van der Waals surface area (Å²) in [6.07, 6.45) is 1.56. The van der Waals surface area contributed by atoms with Gasteiger partial charge in [0.05, 0.1) is 31.3 Å². The minimum atomic E-state index is -0.548. The van der Waals surface area contributed by atoms with Gasteiger partial charge in [-0.2, -0.15) is 0 Å². The number of rotatable bonds is 7. The average molecular weight is 463 g/mol. The van der Waals surface area contributed by atoms with Gasteiger partial charge in [-0.05, 0) is 53.7 Å². The molecule has 31 heavy (non-hydrogen) atoms. The highest BCUT2D eigenvalue weighted by Crippen LogP contribution is 2.34. The summed E-state index contributed by atoms with van der Waals surface area (Å²) < 4.78 is 15.5. The van der Waals surface area contributed by atoms with Crippen LogP contribution in [-0.4, -0.2) is 49.8 Å². The SMILES string of the molecule is COc1ccc(NC(=O)CN2C(=O)S/C(=C/c3ccc(OC)c(OC)c3)C2=O)cc1Cl. The van der Waals surface area contributed by atoms with Crippen LogP contribution >= 0.6 is 23.4 Å². The van der Waals surface area contributed by atoms with Crippen LogP contribution in [0.4, 0.5) is 10.5 Å². The van der Waals surface area contributed by atoms with Crippen LogP contribution < -0.4 is 19.5 Å². The molecular formula is C21H19ClN2O6S. The lowest BCUT2D eigenvalue weighted by molar-refractivity contribution is -0.127. The van der Waals surface area contributed by atoms with Gasteiger partial charge < -0.3 is 19.5 Å². The van der Waals surface area contributed by atoms with Crippen molar-refractivity contribution in [2.24, 2.45) is 0 Å². The summed E-state index contributed by atoms with van der Waals surface area (Å²) in [5, 5.41) is 2.41. The summed E-state index contributed by atoms with van der Waals surface area (Å²) in [7, 11) is 4.51. The molecule has 2 aromatic carbocycles. The lowest BCUT2D eigenvalue weighted by atomic mass is 10.2. The van der Waals surface area contributed by atoms with Gasteiger partial charge in [0.2, 0.25) is 5.91 Å². The maximum atomic E-state index is 12.7. The topological polar surface area (TPSA) is 94.2 Å². The van der Waals surface area contributed by atoms with Crippen LogP contribution in [0.15, 0.2) is 41.3 Å². The molecule has 1 aliphatic rings. The molecule has 1 heterocycles. The van der Waals surface area contributed by atoms with Gasteiger partial charge in [-0.1, -0.05) is 17.7 Å². The number of nitrogens with zero attached hydrogens (tertiary/aromatic N) is 1. The number of benzene rings is 2. The first-order valence-electron chi connectivity index (χ1n) is 8.97. The van der Waals surface area contributed by atoms with E-state index >= 15 is 0 Å². The Kier molecular flexibility index (Phi) is 7.09. The normalized spacial score (nSPS) is 14.7. The van der Waals surface area contributed by atoms with Gasteiger partial charge in [0, 0.05) is 5.69 Å². The second-order valence-electron chi connectivity index (χ2n) is 6.28. The Bertz CT molecular complexity index is 1070. The molecule has 0 bridgehead atoms. The Hall–Kier alpha value is -3.17. The molecule has 1 aliphatic heterocycles. The molecule has 162 valence electrons. The molecule has 0 spiro atoms. The van der Waals surface area contributed by atoms with Crippen molar-refractivity contribution in [1.29, 1.82) is 0 Å². The van der Waals surface area contributed by atoms with E-state index in [1.54, 1.807) is 36.4 Å². The lowest BCUT2D eigenvalue weighted by Crippen LogP contribution is -2.36. The summed E-state index contributed by atoms with van der Waals surface area (Å²) in [5.74, 6) is 0.422. The summed E-state index contributed by atoms with van der Waals surface area (Å²) in [4.78, 5) is 38.4. The lowest BCUT2D eigenvalue weighted by Gasteiger charge is -2.13. The fraction of sp³-hybridized carbons (Fsp3) is 0.190. The van der Waals surface area contributed by atoms with Crippen LogP contribution in [0.5, 0.6) is 17.2 Å². The smallest absolute Gasteiger partial charge is 0.294 e. The van der Waals surface area contributed by atoms with E-state index in [0.717, 1.165) is 16.7 Å². The highest BCUT2D eigenvalue weighted by molar-refractivity contribution is 8.18. The van der Waals surface area contributed by atoms with Crippen LogP contribution in [0.3, 0.4) is 0 Å². The first-order valence-corrected chi connectivity index (χ1v) is 10.2. The highest BCUT2D eigenvalue weighted by Gasteiger charge is 2.36. The van der Waals surface area contributed by atoms with E-state index in [-0.39, 0.29) is 4.91 Å². The van der Waals surface area contributed by atoms with Crippen molar-refractivity contribution < 1.29 is 28.6 Å². The van der Waals surface area contributed by atoms with E-state index < -0.39 is 23.6 Å². The number of hydrogen-bond donors (Lipinski definition) is 1. The van der Waals surface area contributed by atoms with E-state index in [9.17, 15) is 14.4 Å². The number of carbonyl (C=O) groups excluding carboxylic acids is 3. The Morgan fingerprint density at radius 3 is 2.35 bits per heavy atom. The van der Waals surface area contributed by atoms with E-state index in [4.69, 9.17) is 25.8 Å². The maximum Gasteiger partial charge on any atom is 0.294 e. The largest absolute Gasteiger partial charge is 0.495 e. The molecule has 0 aliphatic carbocycles. The molecule has 3 amide bonds. The molecule has 1 fully saturated rings. The van der Waals surface area contributed by atoms with Gasteiger partial charge in [0.25, 0.3) is 11.1 Å². The van der Waals surface area contributed by atoms with Crippen LogP contribution in [0.25, 0.3) is 6.08 Å². The van der Waals surface area contributed by atoms with Crippen LogP contribution in [0.2, 0.25) is 5.02 Å². The summed E-state index contributed by atoms with van der Waals surface area (Å²) >= 11 is 6.81. The first kappa shape index (κ1) is 22.5. The van der Waals surface area contributed by atoms with E-state index in [1.807, 2.05) is 0 Å². The minimum absolute atomic E-state index is 0.206. The second kappa shape index (κ2) is 9.76. The molecule has 1 saturated heterocycles. The minimum Gasteiger partial charge on any atom is -0.495 e. The van der Waals surface area contributed by atoms with Crippen molar-refractivity contribution in [3.05, 3.63) is 51.9 Å². The zero-order chi connectivity index (χ0) is 22.5. The Morgan fingerprint density at radius 2 is 1.71 bits per heavy atom. The number of halogens is 1. The summed E-state index contributed by atoms with van der Waals surface area (Å²) in [6, 6.07) is 9.84. The third-order valence-corrected chi connectivity index (χ3v) is 5.52. The summed E-state index contributed by atoms with van der Waals surface area (Å²) in [6.45, 7) is -0.419. The standard InChI is InChI=1S/C21H19ClN2O6S/c1-28-15-7-5-13(10-14(15)22)23-19(25)11-24-20(26)18(31-21(24)27)9-12-4-6-16(29-2)17(8-12)30-3/h4-10H,11H2,1-3H3,(H,23,25)/b18-9+. The van der Waals surface area contributed by atoms with Gasteiger partial charge in [0.15, 0.2) is 11.5 Å². The van der Waals surface area contributed by atoms with E-state index in [1.165, 1.54) is 27.4 Å². The second-order valence-corrected chi connectivity index (χ2v) is 7.68. The molecule has 0 unspecified atom stereocenters. The van der Waals surface area contributed by atoms with Gasteiger partial charge >= 0.3 is 0 Å². The molecule has 0 saturated carbocycles. The van der Waals surface area contributed by atoms with E-state index in [0.29, 0.717) is 33.5 Å². The monoisotopic (exact) mass is 462 g/mol. The molecular weight excluding hydrogens is 444 g/mol. The van der Waals surface area contributed by atoms with Crippen molar-refractivity contribution in [2.45, 2.75) is 0 Å². The first-order chi connectivity index (χ1) is 14.9. The fourth-order valence-corrected chi connectivity index (χ4v) is 3.91. The molecule has 0 radical (unpaired) electrons. The Balaban J connectivity index is 1.70. The number of anilines is 1. The number of thioether (sulfide) groups is 1. The predicted octanol–water partition coefficient (Wildman–Crippen LogP) is 4.04.